The molecule has 1 aromatic rings. The molecule has 1 N–H and O–H groups in total. The van der Waals surface area contributed by atoms with Gasteiger partial charge in [-0.05, 0) is 12.8 Å². The molecule has 2 heterocycles. The van der Waals surface area contributed by atoms with E-state index in [1.807, 2.05) is 13.1 Å². The molecule has 1 fully saturated rings. The van der Waals surface area contributed by atoms with E-state index in [0.29, 0.717) is 0 Å². The zero-order valence-electron chi connectivity index (χ0n) is 9.35. The second kappa shape index (κ2) is 4.79. The van der Waals surface area contributed by atoms with Crippen LogP contribution in [0.5, 0.6) is 0 Å². The lowest BCUT2D eigenvalue weighted by molar-refractivity contribution is 0.490. The summed E-state index contributed by atoms with van der Waals surface area (Å²) in [5, 5.41) is 11.9. The molecule has 5 heteroatoms. The van der Waals surface area contributed by atoms with Crippen LogP contribution in [0.4, 0.5) is 11.6 Å². The van der Waals surface area contributed by atoms with Crippen LogP contribution in [0.2, 0.25) is 0 Å². The Labute approximate surface area is 95.1 Å². The maximum Gasteiger partial charge on any atom is 0.134 e. The van der Waals surface area contributed by atoms with Crippen LogP contribution in [0.25, 0.3) is 0 Å². The van der Waals surface area contributed by atoms with Crippen molar-refractivity contribution in [2.75, 3.05) is 30.4 Å². The van der Waals surface area contributed by atoms with Crippen LogP contribution in [0.3, 0.4) is 0 Å². The van der Waals surface area contributed by atoms with Crippen molar-refractivity contribution in [2.24, 2.45) is 5.92 Å². The maximum atomic E-state index is 8.93. The monoisotopic (exact) mass is 217 g/mol. The van der Waals surface area contributed by atoms with Crippen LogP contribution >= 0.6 is 0 Å². The normalized spacial score (nSPS) is 20.2. The van der Waals surface area contributed by atoms with Crippen molar-refractivity contribution in [1.82, 2.24) is 9.97 Å². The first kappa shape index (κ1) is 10.7. The molecule has 1 aliphatic heterocycles. The van der Waals surface area contributed by atoms with Gasteiger partial charge in [-0.2, -0.15) is 5.26 Å². The van der Waals surface area contributed by atoms with E-state index in [9.17, 15) is 0 Å². The lowest BCUT2D eigenvalue weighted by atomic mass is 10.00. The fourth-order valence-corrected chi connectivity index (χ4v) is 1.95. The minimum Gasteiger partial charge on any atom is -0.373 e. The van der Waals surface area contributed by atoms with Gasteiger partial charge >= 0.3 is 0 Å². The standard InChI is InChI=1S/C11H15N5/c1-13-10-5-11(15-8-14-10)16-4-2-3-9(6-12)7-16/h5,8-9H,2-4,7H2,1H3,(H,13,14,15). The van der Waals surface area contributed by atoms with Crippen molar-refractivity contribution in [3.8, 4) is 6.07 Å². The van der Waals surface area contributed by atoms with E-state index in [0.717, 1.165) is 37.6 Å². The Balaban J connectivity index is 2.14. The molecule has 1 saturated heterocycles. The van der Waals surface area contributed by atoms with Crippen molar-refractivity contribution < 1.29 is 0 Å². The molecular weight excluding hydrogens is 202 g/mol. The average Bonchev–Trinajstić information content (AvgIpc) is 2.39. The SMILES string of the molecule is CNc1cc(N2CCCC(C#N)C2)ncn1. The number of nitrogens with zero attached hydrogens (tertiary/aromatic N) is 4. The Hall–Kier alpha value is -1.83. The zero-order valence-corrected chi connectivity index (χ0v) is 9.35. The van der Waals surface area contributed by atoms with Crippen molar-refractivity contribution >= 4 is 11.6 Å². The minimum absolute atomic E-state index is 0.127. The molecule has 1 aliphatic rings. The Morgan fingerprint density at radius 2 is 2.44 bits per heavy atom. The van der Waals surface area contributed by atoms with Gasteiger partial charge in [0.1, 0.15) is 18.0 Å². The predicted octanol–water partition coefficient (Wildman–Crippen LogP) is 1.26. The van der Waals surface area contributed by atoms with Crippen molar-refractivity contribution in [1.29, 1.82) is 5.26 Å². The van der Waals surface area contributed by atoms with E-state index in [1.54, 1.807) is 6.33 Å². The van der Waals surface area contributed by atoms with Crippen LogP contribution in [-0.4, -0.2) is 30.1 Å². The third-order valence-electron chi connectivity index (χ3n) is 2.84. The summed E-state index contributed by atoms with van der Waals surface area (Å²) in [6.07, 6.45) is 3.60. The van der Waals surface area contributed by atoms with Crippen LogP contribution in [0.15, 0.2) is 12.4 Å². The number of hydrogen-bond acceptors (Lipinski definition) is 5. The molecule has 1 aromatic heterocycles. The van der Waals surface area contributed by atoms with E-state index in [4.69, 9.17) is 5.26 Å². The molecule has 0 aliphatic carbocycles. The maximum absolute atomic E-state index is 8.93. The van der Waals surface area contributed by atoms with Gasteiger partial charge in [-0.3, -0.25) is 0 Å². The summed E-state index contributed by atoms with van der Waals surface area (Å²) >= 11 is 0. The summed E-state index contributed by atoms with van der Waals surface area (Å²) in [5.41, 5.74) is 0. The molecule has 0 saturated carbocycles. The van der Waals surface area contributed by atoms with Gasteiger partial charge < -0.3 is 10.2 Å². The molecule has 0 spiro atoms. The Bertz CT molecular complexity index is 398. The first-order valence-electron chi connectivity index (χ1n) is 5.48. The van der Waals surface area contributed by atoms with Gasteiger partial charge in [0.15, 0.2) is 0 Å². The highest BCUT2D eigenvalue weighted by Crippen LogP contribution is 2.21. The smallest absolute Gasteiger partial charge is 0.134 e. The number of rotatable bonds is 2. The second-order valence-corrected chi connectivity index (χ2v) is 3.93. The van der Waals surface area contributed by atoms with Crippen molar-refractivity contribution in [2.45, 2.75) is 12.8 Å². The Morgan fingerprint density at radius 3 is 3.19 bits per heavy atom. The molecule has 1 atom stereocenters. The summed E-state index contributed by atoms with van der Waals surface area (Å²) in [4.78, 5) is 10.5. The molecule has 5 nitrogen and oxygen atoms in total. The van der Waals surface area contributed by atoms with E-state index in [2.05, 4.69) is 26.3 Å². The zero-order chi connectivity index (χ0) is 11.4. The number of aromatic nitrogens is 2. The molecule has 2 rings (SSSR count). The van der Waals surface area contributed by atoms with Gasteiger partial charge in [-0.15, -0.1) is 0 Å². The van der Waals surface area contributed by atoms with E-state index in [-0.39, 0.29) is 5.92 Å². The molecule has 0 amide bonds. The number of hydrogen-bond donors (Lipinski definition) is 1. The van der Waals surface area contributed by atoms with Crippen molar-refractivity contribution in [3.63, 3.8) is 0 Å². The highest BCUT2D eigenvalue weighted by molar-refractivity contribution is 5.48. The lowest BCUT2D eigenvalue weighted by Gasteiger charge is -2.30. The van der Waals surface area contributed by atoms with Gasteiger partial charge in [0.05, 0.1) is 12.0 Å². The van der Waals surface area contributed by atoms with Crippen molar-refractivity contribution in [3.05, 3.63) is 12.4 Å². The summed E-state index contributed by atoms with van der Waals surface area (Å²) in [5.74, 6) is 1.84. The molecule has 0 bridgehead atoms. The first-order valence-corrected chi connectivity index (χ1v) is 5.48. The fraction of sp³-hybridized carbons (Fsp3) is 0.545. The van der Waals surface area contributed by atoms with Crippen LogP contribution < -0.4 is 10.2 Å². The van der Waals surface area contributed by atoms with Gasteiger partial charge in [0.25, 0.3) is 0 Å². The highest BCUT2D eigenvalue weighted by atomic mass is 15.2. The third kappa shape index (κ3) is 2.22. The molecule has 84 valence electrons. The predicted molar refractivity (Wildman–Crippen MR) is 62.1 cm³/mol. The molecule has 0 radical (unpaired) electrons. The second-order valence-electron chi connectivity index (χ2n) is 3.93. The number of piperidine rings is 1. The topological polar surface area (TPSA) is 64.8 Å². The number of nitrogens with one attached hydrogen (secondary N) is 1. The third-order valence-corrected chi connectivity index (χ3v) is 2.84. The van der Waals surface area contributed by atoms with E-state index >= 15 is 0 Å². The van der Waals surface area contributed by atoms with Crippen LogP contribution in [-0.2, 0) is 0 Å². The van der Waals surface area contributed by atoms with Crippen LogP contribution in [0, 0.1) is 17.2 Å². The molecule has 16 heavy (non-hydrogen) atoms. The van der Waals surface area contributed by atoms with Crippen LogP contribution in [0.1, 0.15) is 12.8 Å². The summed E-state index contributed by atoms with van der Waals surface area (Å²) in [7, 11) is 1.83. The Morgan fingerprint density at radius 1 is 1.56 bits per heavy atom. The molecular formula is C11H15N5. The highest BCUT2D eigenvalue weighted by Gasteiger charge is 2.20. The molecule has 0 aromatic carbocycles. The van der Waals surface area contributed by atoms with Gasteiger partial charge in [-0.25, -0.2) is 9.97 Å². The lowest BCUT2D eigenvalue weighted by Crippen LogP contribution is -2.35. The minimum atomic E-state index is 0.127. The summed E-state index contributed by atoms with van der Waals surface area (Å²) in [6, 6.07) is 4.25. The fourth-order valence-electron chi connectivity index (χ4n) is 1.95. The van der Waals surface area contributed by atoms with E-state index < -0.39 is 0 Å². The number of anilines is 2. The quantitative estimate of drug-likeness (QED) is 0.807. The average molecular weight is 217 g/mol. The molecule has 1 unspecified atom stereocenters. The van der Waals surface area contributed by atoms with Gasteiger partial charge in [0.2, 0.25) is 0 Å². The van der Waals surface area contributed by atoms with Gasteiger partial charge in [0, 0.05) is 26.2 Å². The summed E-state index contributed by atoms with van der Waals surface area (Å²) < 4.78 is 0. The Kier molecular flexibility index (Phi) is 3.20. The van der Waals surface area contributed by atoms with E-state index in [1.165, 1.54) is 0 Å². The van der Waals surface area contributed by atoms with Gasteiger partial charge in [-0.1, -0.05) is 0 Å². The largest absolute Gasteiger partial charge is 0.373 e. The summed E-state index contributed by atoms with van der Waals surface area (Å²) in [6.45, 7) is 1.75. The first-order chi connectivity index (χ1) is 7.83. The number of nitriles is 1.